The number of fused-ring (bicyclic) bond motifs is 1. The normalized spacial score (nSPS) is 10.8. The molecule has 8 nitrogen and oxygen atoms in total. The third-order valence-corrected chi connectivity index (χ3v) is 5.82. The number of aromatic nitrogens is 2. The molecule has 0 aliphatic heterocycles. The lowest BCUT2D eigenvalue weighted by molar-refractivity contribution is -0.148. The van der Waals surface area contributed by atoms with Gasteiger partial charge in [-0.1, -0.05) is 78.9 Å². The highest BCUT2D eigenvalue weighted by Crippen LogP contribution is 2.27. The average Bonchev–Trinajstić information content (AvgIpc) is 3.35. The van der Waals surface area contributed by atoms with E-state index in [1.807, 2.05) is 54.6 Å². The number of amides is 2. The van der Waals surface area contributed by atoms with E-state index in [-0.39, 0.29) is 43.0 Å². The van der Waals surface area contributed by atoms with Gasteiger partial charge >= 0.3 is 5.97 Å². The summed E-state index contributed by atoms with van der Waals surface area (Å²) in [7, 11) is 0. The van der Waals surface area contributed by atoms with Gasteiger partial charge in [0.2, 0.25) is 0 Å². The highest BCUT2D eigenvalue weighted by atomic mass is 16.5. The monoisotopic (exact) mass is 484 g/mol. The number of ether oxygens (including phenoxy) is 1. The van der Waals surface area contributed by atoms with Crippen LogP contribution < -0.4 is 10.6 Å². The molecule has 3 N–H and O–H groups in total. The Bertz CT molecular complexity index is 1270. The second-order valence-electron chi connectivity index (χ2n) is 8.30. The van der Waals surface area contributed by atoms with Gasteiger partial charge in [-0.25, -0.2) is 0 Å². The van der Waals surface area contributed by atoms with Crippen LogP contribution in [0, 0.1) is 0 Å². The topological polar surface area (TPSA) is 113 Å². The molecule has 0 fully saturated rings. The minimum absolute atomic E-state index is 0.0501. The highest BCUT2D eigenvalue weighted by Gasteiger charge is 2.16. The summed E-state index contributed by atoms with van der Waals surface area (Å²) in [4.78, 5) is 36.5. The van der Waals surface area contributed by atoms with Gasteiger partial charge in [0.1, 0.15) is 0 Å². The number of aromatic amines is 1. The quantitative estimate of drug-likeness (QED) is 0.282. The number of esters is 1. The first-order valence-corrected chi connectivity index (χ1v) is 11.9. The fraction of sp³-hybridized carbons (Fsp3) is 0.214. The van der Waals surface area contributed by atoms with Crippen LogP contribution in [0.3, 0.4) is 0 Å². The fourth-order valence-corrected chi connectivity index (χ4v) is 4.02. The smallest absolute Gasteiger partial charge is 0.308 e. The largest absolute Gasteiger partial charge is 0.456 e. The molecule has 0 saturated heterocycles. The molecule has 2 amide bonds. The zero-order valence-electron chi connectivity index (χ0n) is 19.8. The van der Waals surface area contributed by atoms with E-state index in [0.717, 1.165) is 5.52 Å². The summed E-state index contributed by atoms with van der Waals surface area (Å²) in [6.45, 7) is 0.160. The number of hydrogen-bond donors (Lipinski definition) is 3. The predicted octanol–water partition coefficient (Wildman–Crippen LogP) is 3.56. The van der Waals surface area contributed by atoms with Crippen LogP contribution in [0.2, 0.25) is 0 Å². The molecule has 8 heteroatoms. The van der Waals surface area contributed by atoms with Crippen molar-refractivity contribution >= 4 is 28.7 Å². The van der Waals surface area contributed by atoms with E-state index >= 15 is 0 Å². The van der Waals surface area contributed by atoms with Crippen molar-refractivity contribution in [1.82, 2.24) is 20.8 Å². The van der Waals surface area contributed by atoms with Crippen LogP contribution >= 0.6 is 0 Å². The molecule has 0 saturated carbocycles. The minimum Gasteiger partial charge on any atom is -0.456 e. The lowest BCUT2D eigenvalue weighted by atomic mass is 9.88. The number of nitrogens with zero attached hydrogens (tertiary/aromatic N) is 1. The van der Waals surface area contributed by atoms with E-state index in [2.05, 4.69) is 45.1 Å². The molecule has 36 heavy (non-hydrogen) atoms. The van der Waals surface area contributed by atoms with E-state index in [1.165, 1.54) is 11.1 Å². The third kappa shape index (κ3) is 6.56. The molecule has 0 radical (unpaired) electrons. The molecule has 0 atom stereocenters. The van der Waals surface area contributed by atoms with Gasteiger partial charge in [-0.3, -0.25) is 19.5 Å². The summed E-state index contributed by atoms with van der Waals surface area (Å²) in [6.07, 6.45) is 0.660. The number of para-hydroxylation sites is 1. The van der Waals surface area contributed by atoms with Gasteiger partial charge in [0.25, 0.3) is 11.8 Å². The van der Waals surface area contributed by atoms with E-state index in [9.17, 15) is 14.4 Å². The first-order valence-electron chi connectivity index (χ1n) is 11.9. The van der Waals surface area contributed by atoms with Crippen LogP contribution in [0.5, 0.6) is 0 Å². The van der Waals surface area contributed by atoms with Crippen LogP contribution in [-0.4, -0.2) is 47.7 Å². The second kappa shape index (κ2) is 12.3. The molecule has 0 aliphatic carbocycles. The zero-order valence-corrected chi connectivity index (χ0v) is 19.8. The van der Waals surface area contributed by atoms with Crippen molar-refractivity contribution in [3.05, 3.63) is 102 Å². The van der Waals surface area contributed by atoms with Gasteiger partial charge in [-0.15, -0.1) is 0 Å². The van der Waals surface area contributed by atoms with Crippen LogP contribution in [0.15, 0.2) is 84.9 Å². The predicted molar refractivity (Wildman–Crippen MR) is 136 cm³/mol. The number of carbonyl (C=O) groups is 3. The first-order chi connectivity index (χ1) is 17.6. The molecule has 1 aromatic heterocycles. The minimum atomic E-state index is -0.566. The second-order valence-corrected chi connectivity index (χ2v) is 8.30. The maximum atomic E-state index is 12.3. The van der Waals surface area contributed by atoms with E-state index in [4.69, 9.17) is 4.74 Å². The Kier molecular flexibility index (Phi) is 8.43. The van der Waals surface area contributed by atoms with Crippen molar-refractivity contribution in [2.24, 2.45) is 0 Å². The van der Waals surface area contributed by atoms with Gasteiger partial charge < -0.3 is 15.4 Å². The maximum Gasteiger partial charge on any atom is 0.308 e. The summed E-state index contributed by atoms with van der Waals surface area (Å²) in [6, 6.07) is 27.6. The Morgan fingerprint density at radius 2 is 1.44 bits per heavy atom. The summed E-state index contributed by atoms with van der Waals surface area (Å²) < 4.78 is 5.05. The molecule has 1 heterocycles. The number of carbonyl (C=O) groups excluding carboxylic acids is 3. The molecular formula is C28H28N4O4. The summed E-state index contributed by atoms with van der Waals surface area (Å²) >= 11 is 0. The number of rotatable bonds is 11. The van der Waals surface area contributed by atoms with Crippen molar-refractivity contribution in [3.8, 4) is 0 Å². The number of hydrogen-bond acceptors (Lipinski definition) is 5. The first kappa shape index (κ1) is 24.7. The van der Waals surface area contributed by atoms with Gasteiger partial charge in [0.05, 0.1) is 11.9 Å². The standard InChI is InChI=1S/C28H28N4O4/c33-25(29-17-15-22(20-9-3-1-4-10-20)21-11-5-2-6-12-21)19-36-26(34)16-18-30-28(35)27-23-13-7-8-14-24(23)31-32-27/h1-14,22H,15-19H2,(H,29,33)(H,30,35)(H,31,32). The lowest BCUT2D eigenvalue weighted by Crippen LogP contribution is -2.31. The Hall–Kier alpha value is -4.46. The molecule has 0 unspecified atom stereocenters. The molecule has 4 aromatic rings. The summed E-state index contributed by atoms with van der Waals surface area (Å²) in [5.74, 6) is -1.17. The summed E-state index contributed by atoms with van der Waals surface area (Å²) in [5.41, 5.74) is 3.37. The Morgan fingerprint density at radius 1 is 0.806 bits per heavy atom. The van der Waals surface area contributed by atoms with E-state index in [1.54, 1.807) is 6.07 Å². The van der Waals surface area contributed by atoms with Crippen molar-refractivity contribution in [1.29, 1.82) is 0 Å². The van der Waals surface area contributed by atoms with Crippen LogP contribution in [0.4, 0.5) is 0 Å². The Balaban J connectivity index is 1.17. The van der Waals surface area contributed by atoms with Crippen molar-refractivity contribution in [2.75, 3.05) is 19.7 Å². The zero-order chi connectivity index (χ0) is 25.2. The number of benzene rings is 3. The summed E-state index contributed by atoms with van der Waals surface area (Å²) in [5, 5.41) is 13.0. The molecular weight excluding hydrogens is 456 g/mol. The van der Waals surface area contributed by atoms with Crippen LogP contribution in [-0.2, 0) is 14.3 Å². The Labute approximate surface area is 209 Å². The third-order valence-electron chi connectivity index (χ3n) is 5.82. The van der Waals surface area contributed by atoms with Crippen molar-refractivity contribution < 1.29 is 19.1 Å². The average molecular weight is 485 g/mol. The van der Waals surface area contributed by atoms with Gasteiger partial charge in [-0.05, 0) is 23.6 Å². The van der Waals surface area contributed by atoms with Crippen LogP contribution in [0.25, 0.3) is 10.9 Å². The fourth-order valence-electron chi connectivity index (χ4n) is 4.02. The molecule has 3 aromatic carbocycles. The van der Waals surface area contributed by atoms with Gasteiger partial charge in [0.15, 0.2) is 12.3 Å². The molecule has 0 aliphatic rings. The maximum absolute atomic E-state index is 12.3. The lowest BCUT2D eigenvalue weighted by Gasteiger charge is -2.18. The highest BCUT2D eigenvalue weighted by molar-refractivity contribution is 6.04. The van der Waals surface area contributed by atoms with Crippen molar-refractivity contribution in [2.45, 2.75) is 18.8 Å². The van der Waals surface area contributed by atoms with Crippen LogP contribution in [0.1, 0.15) is 40.4 Å². The van der Waals surface area contributed by atoms with E-state index < -0.39 is 5.97 Å². The molecule has 0 bridgehead atoms. The molecule has 184 valence electrons. The van der Waals surface area contributed by atoms with Gasteiger partial charge in [-0.2, -0.15) is 5.10 Å². The Morgan fingerprint density at radius 3 is 2.14 bits per heavy atom. The van der Waals surface area contributed by atoms with E-state index in [0.29, 0.717) is 18.4 Å². The SMILES string of the molecule is O=C(COC(=O)CCNC(=O)c1n[nH]c2ccccc12)NCCC(c1ccccc1)c1ccccc1. The number of H-pyrrole nitrogens is 1. The number of nitrogens with one attached hydrogen (secondary N) is 3. The molecule has 4 rings (SSSR count). The van der Waals surface area contributed by atoms with Gasteiger partial charge in [0, 0.05) is 24.4 Å². The molecule has 0 spiro atoms. The van der Waals surface area contributed by atoms with Crippen molar-refractivity contribution in [3.63, 3.8) is 0 Å².